The van der Waals surface area contributed by atoms with Crippen LogP contribution in [0.25, 0.3) is 11.4 Å². The number of hydrogen-bond acceptors (Lipinski definition) is 5. The molecule has 1 saturated heterocycles. The first-order valence-corrected chi connectivity index (χ1v) is 9.16. The Morgan fingerprint density at radius 1 is 1.36 bits per heavy atom. The Labute approximate surface area is 130 Å². The van der Waals surface area contributed by atoms with E-state index >= 15 is 0 Å². The van der Waals surface area contributed by atoms with Crippen LogP contribution < -0.4 is 0 Å². The molecule has 0 aromatic carbocycles. The number of sulfonamides is 1. The Morgan fingerprint density at radius 3 is 2.91 bits per heavy atom. The molecule has 0 saturated carbocycles. The van der Waals surface area contributed by atoms with Gasteiger partial charge in [-0.3, -0.25) is 9.67 Å². The van der Waals surface area contributed by atoms with E-state index in [0.717, 1.165) is 30.8 Å². The van der Waals surface area contributed by atoms with E-state index < -0.39 is 10.0 Å². The molecule has 0 spiro atoms. The summed E-state index contributed by atoms with van der Waals surface area (Å²) in [5.41, 5.74) is 2.31. The van der Waals surface area contributed by atoms with E-state index in [-0.39, 0.29) is 6.04 Å². The molecule has 22 heavy (non-hydrogen) atoms. The smallest absolute Gasteiger partial charge is 0.211 e. The van der Waals surface area contributed by atoms with E-state index in [2.05, 4.69) is 15.1 Å². The molecular weight excluding hydrogens is 302 g/mol. The lowest BCUT2D eigenvalue weighted by molar-refractivity contribution is 0.393. The number of aryl methyl sites for hydroxylation is 1. The quantitative estimate of drug-likeness (QED) is 0.851. The second-order valence-corrected chi connectivity index (χ2v) is 7.33. The molecular formula is C14H19N5O2S. The van der Waals surface area contributed by atoms with Crippen molar-refractivity contribution < 1.29 is 8.42 Å². The van der Waals surface area contributed by atoms with Gasteiger partial charge in [0.05, 0.1) is 36.1 Å². The molecule has 3 rings (SSSR count). The van der Waals surface area contributed by atoms with Crippen molar-refractivity contribution in [2.24, 2.45) is 0 Å². The van der Waals surface area contributed by atoms with Gasteiger partial charge in [-0.1, -0.05) is 0 Å². The van der Waals surface area contributed by atoms with Gasteiger partial charge in [-0.2, -0.15) is 9.40 Å². The van der Waals surface area contributed by atoms with E-state index in [4.69, 9.17) is 0 Å². The second-order valence-electron chi connectivity index (χ2n) is 5.39. The maximum atomic E-state index is 11.9. The fourth-order valence-corrected chi connectivity index (χ4v) is 4.04. The van der Waals surface area contributed by atoms with Crippen LogP contribution >= 0.6 is 0 Å². The molecule has 0 bridgehead atoms. The Kier molecular flexibility index (Phi) is 3.96. The molecule has 0 radical (unpaired) electrons. The molecule has 0 N–H and O–H groups in total. The average Bonchev–Trinajstić information content (AvgIpc) is 3.15. The third-order valence-corrected chi connectivity index (χ3v) is 5.19. The third-order valence-electron chi connectivity index (χ3n) is 3.90. The van der Waals surface area contributed by atoms with Gasteiger partial charge in [-0.15, -0.1) is 0 Å². The van der Waals surface area contributed by atoms with Gasteiger partial charge in [0, 0.05) is 19.3 Å². The van der Waals surface area contributed by atoms with Crippen molar-refractivity contribution in [1.29, 1.82) is 0 Å². The van der Waals surface area contributed by atoms with E-state index in [1.165, 1.54) is 10.6 Å². The molecule has 2 aromatic rings. The van der Waals surface area contributed by atoms with Gasteiger partial charge < -0.3 is 0 Å². The topological polar surface area (TPSA) is 81.0 Å². The minimum atomic E-state index is -3.23. The fourth-order valence-electron chi connectivity index (χ4n) is 2.90. The monoisotopic (exact) mass is 321 g/mol. The van der Waals surface area contributed by atoms with Crippen LogP contribution in [-0.2, 0) is 16.6 Å². The van der Waals surface area contributed by atoms with Crippen molar-refractivity contribution >= 4 is 10.0 Å². The van der Waals surface area contributed by atoms with Crippen LogP contribution in [0.3, 0.4) is 0 Å². The molecule has 1 atom stereocenters. The van der Waals surface area contributed by atoms with E-state index in [1.807, 2.05) is 17.7 Å². The lowest BCUT2D eigenvalue weighted by atomic mass is 10.1. The van der Waals surface area contributed by atoms with Gasteiger partial charge in [0.1, 0.15) is 5.69 Å². The zero-order valence-corrected chi connectivity index (χ0v) is 13.5. The standard InChI is InChI=1S/C14H19N5O2S/c1-3-18-13(6-7-16-18)11-9-15-10-12(17-11)14-5-4-8-19(14)22(2,20)21/h6-7,9-10,14H,3-5,8H2,1-2H3. The molecule has 0 amide bonds. The predicted molar refractivity (Wildman–Crippen MR) is 82.5 cm³/mol. The Bertz CT molecular complexity index is 771. The predicted octanol–water partition coefficient (Wildman–Crippen LogP) is 1.46. The molecule has 1 unspecified atom stereocenters. The number of aromatic nitrogens is 4. The second kappa shape index (κ2) is 5.77. The van der Waals surface area contributed by atoms with Gasteiger partial charge in [-0.25, -0.2) is 13.4 Å². The van der Waals surface area contributed by atoms with E-state index in [0.29, 0.717) is 12.2 Å². The van der Waals surface area contributed by atoms with Crippen molar-refractivity contribution in [3.63, 3.8) is 0 Å². The molecule has 3 heterocycles. The molecule has 1 aliphatic heterocycles. The normalized spacial score (nSPS) is 19.6. The van der Waals surface area contributed by atoms with Crippen molar-refractivity contribution in [3.05, 3.63) is 30.4 Å². The highest BCUT2D eigenvalue weighted by molar-refractivity contribution is 7.88. The number of hydrogen-bond donors (Lipinski definition) is 0. The van der Waals surface area contributed by atoms with Crippen LogP contribution in [0.5, 0.6) is 0 Å². The minimum absolute atomic E-state index is 0.222. The summed E-state index contributed by atoms with van der Waals surface area (Å²) in [4.78, 5) is 8.89. The van der Waals surface area contributed by atoms with Crippen LogP contribution in [0, 0.1) is 0 Å². The first-order chi connectivity index (χ1) is 10.5. The van der Waals surface area contributed by atoms with Gasteiger partial charge >= 0.3 is 0 Å². The Balaban J connectivity index is 1.98. The molecule has 0 aliphatic carbocycles. The number of nitrogens with zero attached hydrogens (tertiary/aromatic N) is 5. The van der Waals surface area contributed by atoms with Crippen LogP contribution in [0.15, 0.2) is 24.7 Å². The molecule has 118 valence electrons. The van der Waals surface area contributed by atoms with Crippen LogP contribution in [0.2, 0.25) is 0 Å². The summed E-state index contributed by atoms with van der Waals surface area (Å²) in [5.74, 6) is 0. The zero-order chi connectivity index (χ0) is 15.7. The average molecular weight is 321 g/mol. The maximum Gasteiger partial charge on any atom is 0.211 e. The number of rotatable bonds is 4. The molecule has 1 aliphatic rings. The summed E-state index contributed by atoms with van der Waals surface area (Å²) < 4.78 is 27.1. The first-order valence-electron chi connectivity index (χ1n) is 7.31. The van der Waals surface area contributed by atoms with Crippen molar-refractivity contribution in [2.45, 2.75) is 32.4 Å². The first kappa shape index (κ1) is 15.1. The van der Waals surface area contributed by atoms with E-state index in [9.17, 15) is 8.42 Å². The van der Waals surface area contributed by atoms with Gasteiger partial charge in [0.2, 0.25) is 10.0 Å². The lowest BCUT2D eigenvalue weighted by Gasteiger charge is -2.21. The zero-order valence-electron chi connectivity index (χ0n) is 12.7. The SMILES string of the molecule is CCn1nccc1-c1cncc(C2CCCN2S(C)(=O)=O)n1. The van der Waals surface area contributed by atoms with Gasteiger partial charge in [0.15, 0.2) is 0 Å². The highest BCUT2D eigenvalue weighted by Crippen LogP contribution is 2.33. The molecule has 2 aromatic heterocycles. The van der Waals surface area contributed by atoms with Crippen LogP contribution in [0.1, 0.15) is 31.5 Å². The van der Waals surface area contributed by atoms with E-state index in [1.54, 1.807) is 18.6 Å². The summed E-state index contributed by atoms with van der Waals surface area (Å²) in [6.45, 7) is 3.30. The summed E-state index contributed by atoms with van der Waals surface area (Å²) in [6, 6.07) is 1.67. The molecule has 8 heteroatoms. The van der Waals surface area contributed by atoms with Crippen LogP contribution in [0.4, 0.5) is 0 Å². The van der Waals surface area contributed by atoms with Crippen molar-refractivity contribution in [3.8, 4) is 11.4 Å². The fraction of sp³-hybridized carbons (Fsp3) is 0.500. The highest BCUT2D eigenvalue weighted by atomic mass is 32.2. The maximum absolute atomic E-state index is 11.9. The Hall–Kier alpha value is -1.80. The largest absolute Gasteiger partial charge is 0.264 e. The summed E-state index contributed by atoms with van der Waals surface area (Å²) in [7, 11) is -3.23. The Morgan fingerprint density at radius 2 is 2.18 bits per heavy atom. The van der Waals surface area contributed by atoms with Crippen molar-refractivity contribution in [1.82, 2.24) is 24.1 Å². The molecule has 1 fully saturated rings. The molecule has 7 nitrogen and oxygen atoms in total. The highest BCUT2D eigenvalue weighted by Gasteiger charge is 2.33. The lowest BCUT2D eigenvalue weighted by Crippen LogP contribution is -2.30. The third kappa shape index (κ3) is 2.76. The van der Waals surface area contributed by atoms with Gasteiger partial charge in [0.25, 0.3) is 0 Å². The summed E-state index contributed by atoms with van der Waals surface area (Å²) >= 11 is 0. The van der Waals surface area contributed by atoms with Gasteiger partial charge in [-0.05, 0) is 25.8 Å². The summed E-state index contributed by atoms with van der Waals surface area (Å²) in [6.07, 6.45) is 7.94. The van der Waals surface area contributed by atoms with Crippen LogP contribution in [-0.4, -0.2) is 45.3 Å². The van der Waals surface area contributed by atoms with Crippen molar-refractivity contribution in [2.75, 3.05) is 12.8 Å². The minimum Gasteiger partial charge on any atom is -0.264 e. The summed E-state index contributed by atoms with van der Waals surface area (Å²) in [5, 5.41) is 4.24.